The SMILES string of the molecule is CC(C)(C(=O)N1CCN(C(=O)c2cn[nH]c2)CC1)c1ccccc1. The zero-order chi connectivity index (χ0) is 17.2. The number of aromatic amines is 1. The first-order valence-corrected chi connectivity index (χ1v) is 8.13. The van der Waals surface area contributed by atoms with Gasteiger partial charge in [0.1, 0.15) is 0 Å². The van der Waals surface area contributed by atoms with Crippen molar-refractivity contribution in [2.75, 3.05) is 26.2 Å². The van der Waals surface area contributed by atoms with Gasteiger partial charge in [0.25, 0.3) is 5.91 Å². The third-order valence-corrected chi connectivity index (χ3v) is 4.63. The normalized spacial score (nSPS) is 15.4. The second kappa shape index (κ2) is 6.47. The molecule has 2 heterocycles. The molecular formula is C18H22N4O2. The minimum Gasteiger partial charge on any atom is -0.338 e. The number of hydrogen-bond donors (Lipinski definition) is 1. The molecule has 1 saturated heterocycles. The largest absolute Gasteiger partial charge is 0.338 e. The van der Waals surface area contributed by atoms with E-state index in [-0.39, 0.29) is 11.8 Å². The maximum atomic E-state index is 12.9. The van der Waals surface area contributed by atoms with Crippen molar-refractivity contribution in [3.05, 3.63) is 53.9 Å². The van der Waals surface area contributed by atoms with Crippen LogP contribution in [0.4, 0.5) is 0 Å². The number of carbonyl (C=O) groups excluding carboxylic acids is 2. The van der Waals surface area contributed by atoms with Gasteiger partial charge in [-0.3, -0.25) is 14.7 Å². The summed E-state index contributed by atoms with van der Waals surface area (Å²) in [5, 5.41) is 6.46. The Balaban J connectivity index is 1.64. The molecule has 0 atom stereocenters. The summed E-state index contributed by atoms with van der Waals surface area (Å²) in [4.78, 5) is 28.9. The van der Waals surface area contributed by atoms with Crippen LogP contribution in [0, 0.1) is 0 Å². The highest BCUT2D eigenvalue weighted by Gasteiger charge is 2.35. The molecule has 2 amide bonds. The van der Waals surface area contributed by atoms with Gasteiger partial charge >= 0.3 is 0 Å². The van der Waals surface area contributed by atoms with Gasteiger partial charge in [0.15, 0.2) is 0 Å². The van der Waals surface area contributed by atoms with Crippen LogP contribution in [0.2, 0.25) is 0 Å². The summed E-state index contributed by atoms with van der Waals surface area (Å²) in [6.07, 6.45) is 3.12. The lowest BCUT2D eigenvalue weighted by Gasteiger charge is -2.38. The van der Waals surface area contributed by atoms with Gasteiger partial charge < -0.3 is 9.80 Å². The van der Waals surface area contributed by atoms with Crippen LogP contribution < -0.4 is 0 Å². The highest BCUT2D eigenvalue weighted by Crippen LogP contribution is 2.26. The molecule has 1 N–H and O–H groups in total. The summed E-state index contributed by atoms with van der Waals surface area (Å²) in [6.45, 7) is 6.10. The number of H-pyrrole nitrogens is 1. The molecule has 0 bridgehead atoms. The van der Waals surface area contributed by atoms with Gasteiger partial charge in [0.05, 0.1) is 17.2 Å². The predicted octanol–water partition coefficient (Wildman–Crippen LogP) is 1.67. The zero-order valence-electron chi connectivity index (χ0n) is 14.0. The number of hydrogen-bond acceptors (Lipinski definition) is 3. The van der Waals surface area contributed by atoms with Crippen molar-refractivity contribution < 1.29 is 9.59 Å². The van der Waals surface area contributed by atoms with Crippen molar-refractivity contribution in [3.8, 4) is 0 Å². The molecule has 0 aliphatic carbocycles. The number of rotatable bonds is 3. The molecule has 6 heteroatoms. The predicted molar refractivity (Wildman–Crippen MR) is 90.5 cm³/mol. The minimum absolute atomic E-state index is 0.0434. The molecule has 1 fully saturated rings. The Morgan fingerprint density at radius 2 is 1.67 bits per heavy atom. The van der Waals surface area contributed by atoms with Crippen molar-refractivity contribution in [1.82, 2.24) is 20.0 Å². The van der Waals surface area contributed by atoms with Crippen molar-refractivity contribution in [1.29, 1.82) is 0 Å². The van der Waals surface area contributed by atoms with Gasteiger partial charge in [-0.25, -0.2) is 0 Å². The van der Waals surface area contributed by atoms with Crippen LogP contribution in [0.5, 0.6) is 0 Å². The fourth-order valence-corrected chi connectivity index (χ4v) is 3.04. The van der Waals surface area contributed by atoms with E-state index >= 15 is 0 Å². The van der Waals surface area contributed by atoms with Gasteiger partial charge in [-0.2, -0.15) is 5.10 Å². The number of benzene rings is 1. The number of aromatic nitrogens is 2. The molecule has 0 radical (unpaired) electrons. The Labute approximate surface area is 141 Å². The summed E-state index contributed by atoms with van der Waals surface area (Å²) in [5.74, 6) is 0.0577. The summed E-state index contributed by atoms with van der Waals surface area (Å²) in [5.41, 5.74) is 0.990. The van der Waals surface area contributed by atoms with Gasteiger partial charge in [-0.1, -0.05) is 30.3 Å². The van der Waals surface area contributed by atoms with E-state index in [0.29, 0.717) is 31.7 Å². The number of nitrogens with zero attached hydrogens (tertiary/aromatic N) is 3. The van der Waals surface area contributed by atoms with Crippen molar-refractivity contribution in [2.45, 2.75) is 19.3 Å². The monoisotopic (exact) mass is 326 g/mol. The minimum atomic E-state index is -0.571. The van der Waals surface area contributed by atoms with E-state index < -0.39 is 5.41 Å². The highest BCUT2D eigenvalue weighted by atomic mass is 16.2. The van der Waals surface area contributed by atoms with E-state index in [4.69, 9.17) is 0 Å². The Morgan fingerprint density at radius 3 is 2.25 bits per heavy atom. The molecule has 126 valence electrons. The highest BCUT2D eigenvalue weighted by molar-refractivity contribution is 5.94. The molecule has 0 saturated carbocycles. The fourth-order valence-electron chi connectivity index (χ4n) is 3.04. The summed E-state index contributed by atoms with van der Waals surface area (Å²) in [6, 6.07) is 9.81. The summed E-state index contributed by atoms with van der Waals surface area (Å²) >= 11 is 0. The van der Waals surface area contributed by atoms with Crippen LogP contribution in [-0.2, 0) is 10.2 Å². The molecule has 0 unspecified atom stereocenters. The van der Waals surface area contributed by atoms with Crippen LogP contribution in [-0.4, -0.2) is 58.0 Å². The van der Waals surface area contributed by atoms with Crippen LogP contribution in [0.25, 0.3) is 0 Å². The third-order valence-electron chi connectivity index (χ3n) is 4.63. The number of nitrogens with one attached hydrogen (secondary N) is 1. The van der Waals surface area contributed by atoms with E-state index in [1.54, 1.807) is 11.1 Å². The summed E-state index contributed by atoms with van der Waals surface area (Å²) < 4.78 is 0. The maximum Gasteiger partial charge on any atom is 0.257 e. The second-order valence-electron chi connectivity index (χ2n) is 6.56. The van der Waals surface area contributed by atoms with E-state index in [1.807, 2.05) is 49.1 Å². The molecule has 3 rings (SSSR count). The zero-order valence-corrected chi connectivity index (χ0v) is 14.0. The maximum absolute atomic E-state index is 12.9. The molecule has 1 aromatic heterocycles. The van der Waals surface area contributed by atoms with Crippen LogP contribution in [0.3, 0.4) is 0 Å². The van der Waals surface area contributed by atoms with Crippen molar-refractivity contribution >= 4 is 11.8 Å². The third kappa shape index (κ3) is 3.04. The number of piperazine rings is 1. The Kier molecular flexibility index (Phi) is 4.38. The summed E-state index contributed by atoms with van der Waals surface area (Å²) in [7, 11) is 0. The Morgan fingerprint density at radius 1 is 1.04 bits per heavy atom. The molecule has 6 nitrogen and oxygen atoms in total. The number of carbonyl (C=O) groups is 2. The van der Waals surface area contributed by atoms with Gasteiger partial charge in [0.2, 0.25) is 5.91 Å². The van der Waals surface area contributed by atoms with Crippen molar-refractivity contribution in [3.63, 3.8) is 0 Å². The van der Waals surface area contributed by atoms with Gasteiger partial charge in [-0.15, -0.1) is 0 Å². The van der Waals surface area contributed by atoms with Gasteiger partial charge in [0, 0.05) is 32.4 Å². The van der Waals surface area contributed by atoms with Crippen LogP contribution in [0.15, 0.2) is 42.7 Å². The Hall–Kier alpha value is -2.63. The van der Waals surface area contributed by atoms with Crippen LogP contribution >= 0.6 is 0 Å². The fraction of sp³-hybridized carbons (Fsp3) is 0.389. The lowest BCUT2D eigenvalue weighted by atomic mass is 9.83. The Bertz CT molecular complexity index is 702. The second-order valence-corrected chi connectivity index (χ2v) is 6.56. The lowest BCUT2D eigenvalue weighted by Crippen LogP contribution is -2.54. The molecular weight excluding hydrogens is 304 g/mol. The average molecular weight is 326 g/mol. The average Bonchev–Trinajstić information content (AvgIpc) is 3.16. The lowest BCUT2D eigenvalue weighted by molar-refractivity contribution is -0.137. The number of amides is 2. The topological polar surface area (TPSA) is 69.3 Å². The molecule has 1 aromatic carbocycles. The molecule has 2 aromatic rings. The van der Waals surface area contributed by atoms with Crippen LogP contribution in [0.1, 0.15) is 29.8 Å². The first kappa shape index (κ1) is 16.2. The van der Waals surface area contributed by atoms with E-state index in [0.717, 1.165) is 5.56 Å². The van der Waals surface area contributed by atoms with Crippen molar-refractivity contribution in [2.24, 2.45) is 0 Å². The molecule has 1 aliphatic heterocycles. The first-order valence-electron chi connectivity index (χ1n) is 8.13. The quantitative estimate of drug-likeness (QED) is 0.933. The first-order chi connectivity index (χ1) is 11.5. The molecule has 1 aliphatic rings. The molecule has 24 heavy (non-hydrogen) atoms. The molecule has 0 spiro atoms. The van der Waals surface area contributed by atoms with E-state index in [2.05, 4.69) is 10.2 Å². The smallest absolute Gasteiger partial charge is 0.257 e. The van der Waals surface area contributed by atoms with E-state index in [9.17, 15) is 9.59 Å². The van der Waals surface area contributed by atoms with E-state index in [1.165, 1.54) is 6.20 Å². The van der Waals surface area contributed by atoms with Gasteiger partial charge in [-0.05, 0) is 19.4 Å². The standard InChI is InChI=1S/C18H22N4O2/c1-18(2,15-6-4-3-5-7-15)17(24)22-10-8-21(9-11-22)16(23)14-12-19-20-13-14/h3-7,12-13H,8-11H2,1-2H3,(H,19,20).